The average molecular weight is 657 g/mol. The highest BCUT2D eigenvalue weighted by Gasteiger charge is 2.30. The van der Waals surface area contributed by atoms with Gasteiger partial charge in [-0.15, -0.1) is 0 Å². The molecule has 41 heavy (non-hydrogen) atoms. The molecular formula is C28H25Cl4N3O5S. The van der Waals surface area contributed by atoms with E-state index >= 15 is 0 Å². The zero-order valence-electron chi connectivity index (χ0n) is 21.7. The number of carbonyl (C=O) groups is 2. The molecule has 13 heteroatoms. The van der Waals surface area contributed by atoms with Gasteiger partial charge in [-0.1, -0.05) is 70.7 Å². The van der Waals surface area contributed by atoms with Gasteiger partial charge in [0, 0.05) is 34.1 Å². The lowest BCUT2D eigenvalue weighted by molar-refractivity contribution is -0.120. The molecule has 0 bridgehead atoms. The first kappa shape index (κ1) is 31.3. The van der Waals surface area contributed by atoms with Crippen molar-refractivity contribution in [3.05, 3.63) is 96.9 Å². The minimum atomic E-state index is -3.32. The Morgan fingerprint density at radius 3 is 2.44 bits per heavy atom. The van der Waals surface area contributed by atoms with Crippen molar-refractivity contribution in [2.24, 2.45) is 4.99 Å². The van der Waals surface area contributed by atoms with E-state index in [2.05, 4.69) is 15.0 Å². The number of hydrogen-bond acceptors (Lipinski definition) is 6. The van der Waals surface area contributed by atoms with Gasteiger partial charge in [-0.25, -0.2) is 13.1 Å². The standard InChI is InChI=1S/C28H25Cl4N3O5S/c1-2-41(38,39)33-10-5-11-40-24-9-8-17(29)13-20(24)28(37)35-27-23(36)12-16-6-3-4-7-19(16)26(34-27)25-21(31)14-18(30)15-22(25)32/h3-4,6-9,13-15,27,33H,2,5,10-12H2,1H3,(H,35,37). The molecule has 0 spiro atoms. The molecule has 1 aliphatic rings. The molecule has 0 radical (unpaired) electrons. The maximum absolute atomic E-state index is 13.5. The van der Waals surface area contributed by atoms with Gasteiger partial charge in [0.05, 0.1) is 33.7 Å². The smallest absolute Gasteiger partial charge is 0.257 e. The van der Waals surface area contributed by atoms with E-state index in [1.807, 2.05) is 0 Å². The number of aliphatic imine (C=N–C) groups is 1. The van der Waals surface area contributed by atoms with Gasteiger partial charge in [-0.2, -0.15) is 0 Å². The van der Waals surface area contributed by atoms with Crippen LogP contribution in [0.4, 0.5) is 0 Å². The summed E-state index contributed by atoms with van der Waals surface area (Å²) in [6.07, 6.45) is -0.912. The van der Waals surface area contributed by atoms with Gasteiger partial charge in [0.2, 0.25) is 10.0 Å². The van der Waals surface area contributed by atoms with E-state index in [9.17, 15) is 18.0 Å². The average Bonchev–Trinajstić information content (AvgIpc) is 3.04. The molecular weight excluding hydrogens is 632 g/mol. The maximum atomic E-state index is 13.5. The summed E-state index contributed by atoms with van der Waals surface area (Å²) < 4.78 is 31.4. The Morgan fingerprint density at radius 2 is 1.73 bits per heavy atom. The number of rotatable bonds is 10. The highest BCUT2D eigenvalue weighted by molar-refractivity contribution is 7.89. The Hall–Kier alpha value is -2.66. The van der Waals surface area contributed by atoms with Crippen molar-refractivity contribution in [1.82, 2.24) is 10.0 Å². The van der Waals surface area contributed by atoms with E-state index in [4.69, 9.17) is 51.1 Å². The van der Waals surface area contributed by atoms with Gasteiger partial charge in [0.15, 0.2) is 11.9 Å². The van der Waals surface area contributed by atoms with Gasteiger partial charge in [-0.3, -0.25) is 14.6 Å². The number of ether oxygens (including phenoxy) is 1. The fourth-order valence-corrected chi connectivity index (χ4v) is 5.96. The summed E-state index contributed by atoms with van der Waals surface area (Å²) in [5.74, 6) is -0.812. The highest BCUT2D eigenvalue weighted by Crippen LogP contribution is 2.33. The van der Waals surface area contributed by atoms with Crippen LogP contribution in [0.2, 0.25) is 20.1 Å². The number of amides is 1. The molecule has 2 N–H and O–H groups in total. The number of sulfonamides is 1. The van der Waals surface area contributed by atoms with Gasteiger partial charge >= 0.3 is 0 Å². The van der Waals surface area contributed by atoms with E-state index in [0.717, 1.165) is 0 Å². The number of Topliss-reactive ketones (excluding diaryl/α,β-unsaturated/α-hetero) is 1. The van der Waals surface area contributed by atoms with Crippen LogP contribution in [0.3, 0.4) is 0 Å². The molecule has 1 unspecified atom stereocenters. The van der Waals surface area contributed by atoms with Crippen molar-refractivity contribution in [2.75, 3.05) is 18.9 Å². The second-order valence-corrected chi connectivity index (χ2v) is 12.8. The zero-order valence-corrected chi connectivity index (χ0v) is 25.6. The Labute approximate surface area is 258 Å². The van der Waals surface area contributed by atoms with Crippen LogP contribution >= 0.6 is 46.4 Å². The molecule has 1 aliphatic heterocycles. The van der Waals surface area contributed by atoms with Crippen molar-refractivity contribution in [2.45, 2.75) is 25.9 Å². The number of nitrogens with zero attached hydrogens (tertiary/aromatic N) is 1. The van der Waals surface area contributed by atoms with Crippen molar-refractivity contribution in [1.29, 1.82) is 0 Å². The van der Waals surface area contributed by atoms with Crippen LogP contribution in [0.1, 0.15) is 40.4 Å². The molecule has 4 rings (SSSR count). The quantitative estimate of drug-likeness (QED) is 0.271. The highest BCUT2D eigenvalue weighted by atomic mass is 35.5. The molecule has 3 aromatic carbocycles. The summed E-state index contributed by atoms with van der Waals surface area (Å²) >= 11 is 25.3. The first-order valence-corrected chi connectivity index (χ1v) is 15.7. The van der Waals surface area contributed by atoms with Crippen LogP contribution in [0.5, 0.6) is 5.75 Å². The van der Waals surface area contributed by atoms with E-state index in [1.54, 1.807) is 37.3 Å². The summed E-state index contributed by atoms with van der Waals surface area (Å²) in [6, 6.07) is 14.8. The predicted octanol–water partition coefficient (Wildman–Crippen LogP) is 5.73. The van der Waals surface area contributed by atoms with Crippen molar-refractivity contribution < 1.29 is 22.7 Å². The third-order valence-corrected chi connectivity index (χ3v) is 8.63. The SMILES string of the molecule is CCS(=O)(=O)NCCCOc1ccc(Cl)cc1C(=O)NC1N=C(c2c(Cl)cc(Cl)cc2Cl)c2ccccc2CC1=O. The summed E-state index contributed by atoms with van der Waals surface area (Å²) in [5, 5.41) is 3.78. The first-order valence-electron chi connectivity index (χ1n) is 12.5. The molecule has 0 aliphatic carbocycles. The number of benzene rings is 3. The molecule has 1 heterocycles. The molecule has 0 fully saturated rings. The molecule has 1 amide bonds. The van der Waals surface area contributed by atoms with Crippen LogP contribution in [0, 0.1) is 0 Å². The molecule has 8 nitrogen and oxygen atoms in total. The Bertz CT molecular complexity index is 1610. The van der Waals surface area contributed by atoms with Gasteiger partial charge in [-0.05, 0) is 49.2 Å². The predicted molar refractivity (Wildman–Crippen MR) is 163 cm³/mol. The van der Waals surface area contributed by atoms with Crippen molar-refractivity contribution in [3.8, 4) is 5.75 Å². The molecule has 0 saturated heterocycles. The van der Waals surface area contributed by atoms with Crippen LogP contribution in [-0.2, 0) is 21.2 Å². The number of nitrogens with one attached hydrogen (secondary N) is 2. The van der Waals surface area contributed by atoms with Crippen molar-refractivity contribution >= 4 is 73.8 Å². The number of fused-ring (bicyclic) bond motifs is 1. The molecule has 0 aromatic heterocycles. The lowest BCUT2D eigenvalue weighted by atomic mass is 9.96. The topological polar surface area (TPSA) is 114 Å². The minimum absolute atomic E-state index is 0.00349. The Kier molecular flexibility index (Phi) is 10.3. The number of hydrogen-bond donors (Lipinski definition) is 2. The van der Waals surface area contributed by atoms with Crippen LogP contribution in [-0.4, -0.2) is 50.9 Å². The fraction of sp³-hybridized carbons (Fsp3) is 0.250. The Balaban J connectivity index is 1.62. The molecule has 216 valence electrons. The van der Waals surface area contributed by atoms with E-state index in [1.165, 1.54) is 24.3 Å². The van der Waals surface area contributed by atoms with E-state index in [0.29, 0.717) is 33.8 Å². The second kappa shape index (κ2) is 13.5. The number of halogens is 4. The number of carbonyl (C=O) groups excluding carboxylic acids is 2. The normalized spacial score (nSPS) is 15.1. The Morgan fingerprint density at radius 1 is 1.02 bits per heavy atom. The lowest BCUT2D eigenvalue weighted by Crippen LogP contribution is -2.40. The molecule has 3 aromatic rings. The summed E-state index contributed by atoms with van der Waals surface area (Å²) in [4.78, 5) is 31.4. The van der Waals surface area contributed by atoms with Gasteiger partial charge in [0.1, 0.15) is 5.75 Å². The molecule has 1 atom stereocenters. The monoisotopic (exact) mass is 655 g/mol. The van der Waals surface area contributed by atoms with Crippen LogP contribution in [0.15, 0.2) is 59.6 Å². The largest absolute Gasteiger partial charge is 0.493 e. The third kappa shape index (κ3) is 7.80. The number of ketones is 1. The van der Waals surface area contributed by atoms with Crippen LogP contribution < -0.4 is 14.8 Å². The summed E-state index contributed by atoms with van der Waals surface area (Å²) in [6.45, 7) is 1.85. The molecule has 0 saturated carbocycles. The lowest BCUT2D eigenvalue weighted by Gasteiger charge is -2.17. The van der Waals surface area contributed by atoms with Crippen molar-refractivity contribution in [3.63, 3.8) is 0 Å². The third-order valence-electron chi connectivity index (χ3n) is 6.18. The maximum Gasteiger partial charge on any atom is 0.257 e. The second-order valence-electron chi connectivity index (χ2n) is 9.04. The zero-order chi connectivity index (χ0) is 29.7. The minimum Gasteiger partial charge on any atom is -0.493 e. The van der Waals surface area contributed by atoms with E-state index < -0.39 is 22.1 Å². The fourth-order valence-electron chi connectivity index (χ4n) is 4.13. The van der Waals surface area contributed by atoms with Gasteiger partial charge < -0.3 is 10.1 Å². The first-order chi connectivity index (χ1) is 19.5. The summed E-state index contributed by atoms with van der Waals surface area (Å²) in [7, 11) is -3.32. The van der Waals surface area contributed by atoms with E-state index in [-0.39, 0.29) is 57.5 Å². The summed E-state index contributed by atoms with van der Waals surface area (Å²) in [5.41, 5.74) is 2.14. The van der Waals surface area contributed by atoms with Gasteiger partial charge in [0.25, 0.3) is 5.91 Å². The van der Waals surface area contributed by atoms with Crippen LogP contribution in [0.25, 0.3) is 0 Å².